The monoisotopic (exact) mass is 360 g/mol. The molecule has 0 aromatic rings. The fraction of sp³-hybridized carbons (Fsp3) is 0.958. The van der Waals surface area contributed by atoms with Gasteiger partial charge in [-0.2, -0.15) is 0 Å². The van der Waals surface area contributed by atoms with Crippen LogP contribution in [-0.2, 0) is 4.79 Å². The highest BCUT2D eigenvalue weighted by atomic mass is 16.3. The number of ketones is 1. The molecule has 0 saturated heterocycles. The van der Waals surface area contributed by atoms with E-state index in [1.165, 1.54) is 44.9 Å². The summed E-state index contributed by atoms with van der Waals surface area (Å²) in [5, 5.41) is 10.7. The number of aliphatic hydroxyl groups is 1. The van der Waals surface area contributed by atoms with Gasteiger partial charge in [-0.1, -0.05) is 20.8 Å². The average Bonchev–Trinajstić information content (AvgIpc) is 2.97. The maximum Gasteiger partial charge on any atom is 0.133 e. The Kier molecular flexibility index (Phi) is 4.24. The zero-order valence-electron chi connectivity index (χ0n) is 17.7. The fourth-order valence-electron chi connectivity index (χ4n) is 9.17. The molecule has 2 nitrogen and oxygen atoms in total. The van der Waals surface area contributed by atoms with E-state index in [4.69, 9.17) is 0 Å². The van der Waals surface area contributed by atoms with E-state index in [2.05, 4.69) is 27.7 Å². The number of carbonyl (C=O) groups is 1. The Morgan fingerprint density at radius 1 is 0.923 bits per heavy atom. The summed E-state index contributed by atoms with van der Waals surface area (Å²) < 4.78 is 0. The molecular weight excluding hydrogens is 320 g/mol. The molecule has 4 fully saturated rings. The summed E-state index contributed by atoms with van der Waals surface area (Å²) in [5.74, 6) is 2.95. The minimum Gasteiger partial charge on any atom is -0.390 e. The molecule has 0 aromatic carbocycles. The van der Waals surface area contributed by atoms with E-state index < -0.39 is 5.60 Å². The molecule has 0 aliphatic heterocycles. The van der Waals surface area contributed by atoms with Crippen molar-refractivity contribution < 1.29 is 9.90 Å². The van der Waals surface area contributed by atoms with Gasteiger partial charge in [0.1, 0.15) is 5.78 Å². The summed E-state index contributed by atoms with van der Waals surface area (Å²) in [6.45, 7) is 11.4. The predicted octanol–water partition coefficient (Wildman–Crippen LogP) is 5.77. The molecule has 0 amide bonds. The van der Waals surface area contributed by atoms with E-state index in [1.807, 2.05) is 6.92 Å². The molecule has 148 valence electrons. The number of rotatable bonds is 2. The highest BCUT2D eigenvalue weighted by Crippen LogP contribution is 2.73. The van der Waals surface area contributed by atoms with Crippen LogP contribution in [0.1, 0.15) is 98.8 Å². The third-order valence-corrected chi connectivity index (χ3v) is 10.4. The molecule has 26 heavy (non-hydrogen) atoms. The lowest BCUT2D eigenvalue weighted by Crippen LogP contribution is -2.60. The topological polar surface area (TPSA) is 37.3 Å². The van der Waals surface area contributed by atoms with Crippen LogP contribution in [0.25, 0.3) is 0 Å². The molecule has 4 saturated carbocycles. The molecule has 1 unspecified atom stereocenters. The van der Waals surface area contributed by atoms with Crippen molar-refractivity contribution in [3.8, 4) is 0 Å². The van der Waals surface area contributed by atoms with Crippen molar-refractivity contribution in [1.82, 2.24) is 0 Å². The molecule has 0 bridgehead atoms. The van der Waals surface area contributed by atoms with Crippen molar-refractivity contribution in [2.24, 2.45) is 39.9 Å². The lowest BCUT2D eigenvalue weighted by Gasteiger charge is -2.67. The molecular formula is C24H40O2. The van der Waals surface area contributed by atoms with Crippen LogP contribution in [0.15, 0.2) is 0 Å². The minimum atomic E-state index is -0.452. The second-order valence-electron chi connectivity index (χ2n) is 11.4. The van der Waals surface area contributed by atoms with Crippen LogP contribution in [0, 0.1) is 39.9 Å². The Hall–Kier alpha value is -0.370. The van der Waals surface area contributed by atoms with E-state index in [0.29, 0.717) is 28.4 Å². The summed E-state index contributed by atoms with van der Waals surface area (Å²) in [6, 6.07) is 0. The summed E-state index contributed by atoms with van der Waals surface area (Å²) in [6.07, 6.45) is 11.9. The number of fused-ring (bicyclic) bond motifs is 5. The molecule has 4 aliphatic carbocycles. The van der Waals surface area contributed by atoms with Gasteiger partial charge in [0.05, 0.1) is 5.60 Å². The van der Waals surface area contributed by atoms with Crippen molar-refractivity contribution >= 4 is 5.78 Å². The number of Topliss-reactive ketones (excluding diaryl/α,β-unsaturated/α-hetero) is 1. The second kappa shape index (κ2) is 5.82. The van der Waals surface area contributed by atoms with Crippen LogP contribution in [-0.4, -0.2) is 16.5 Å². The van der Waals surface area contributed by atoms with E-state index in [-0.39, 0.29) is 5.41 Å². The van der Waals surface area contributed by atoms with Crippen molar-refractivity contribution in [2.75, 3.05) is 0 Å². The Morgan fingerprint density at radius 3 is 2.31 bits per heavy atom. The van der Waals surface area contributed by atoms with Crippen molar-refractivity contribution in [3.63, 3.8) is 0 Å². The first-order valence-electron chi connectivity index (χ1n) is 11.3. The molecule has 0 heterocycles. The fourth-order valence-corrected chi connectivity index (χ4v) is 9.17. The van der Waals surface area contributed by atoms with Crippen molar-refractivity contribution in [3.05, 3.63) is 0 Å². The molecule has 0 aromatic heterocycles. The Morgan fingerprint density at radius 2 is 1.65 bits per heavy atom. The quantitative estimate of drug-likeness (QED) is 0.679. The van der Waals surface area contributed by atoms with Gasteiger partial charge in [-0.25, -0.2) is 0 Å². The zero-order valence-corrected chi connectivity index (χ0v) is 17.7. The van der Waals surface area contributed by atoms with E-state index in [1.54, 1.807) is 0 Å². The van der Waals surface area contributed by atoms with Gasteiger partial charge >= 0.3 is 0 Å². The molecule has 1 N–H and O–H groups in total. The lowest BCUT2D eigenvalue weighted by atomic mass is 9.38. The first-order valence-corrected chi connectivity index (χ1v) is 11.3. The highest BCUT2D eigenvalue weighted by molar-refractivity contribution is 5.79. The van der Waals surface area contributed by atoms with Gasteiger partial charge in [0.15, 0.2) is 0 Å². The summed E-state index contributed by atoms with van der Waals surface area (Å²) >= 11 is 0. The maximum atomic E-state index is 12.5. The zero-order chi connectivity index (χ0) is 19.0. The second-order valence-corrected chi connectivity index (χ2v) is 11.4. The number of carbonyl (C=O) groups excluding carboxylic acids is 1. The Labute approximate surface area is 160 Å². The minimum absolute atomic E-state index is 0.278. The van der Waals surface area contributed by atoms with Crippen LogP contribution >= 0.6 is 0 Å². The molecule has 0 radical (unpaired) electrons. The smallest absolute Gasteiger partial charge is 0.133 e. The van der Waals surface area contributed by atoms with Gasteiger partial charge in [-0.15, -0.1) is 0 Å². The van der Waals surface area contributed by atoms with Gasteiger partial charge in [0.25, 0.3) is 0 Å². The molecule has 0 spiro atoms. The highest BCUT2D eigenvalue weighted by Gasteiger charge is 2.66. The molecule has 4 aliphatic rings. The van der Waals surface area contributed by atoms with Crippen LogP contribution in [0.2, 0.25) is 0 Å². The van der Waals surface area contributed by atoms with Gasteiger partial charge in [0.2, 0.25) is 0 Å². The van der Waals surface area contributed by atoms with Crippen LogP contribution in [0.4, 0.5) is 0 Å². The normalized spacial score (nSPS) is 56.4. The van der Waals surface area contributed by atoms with E-state index >= 15 is 0 Å². The Balaban J connectivity index is 1.69. The summed E-state index contributed by atoms with van der Waals surface area (Å²) in [5.41, 5.74) is 0.615. The molecule has 4 rings (SSSR count). The van der Waals surface area contributed by atoms with Crippen LogP contribution < -0.4 is 0 Å². The molecule has 2 heteroatoms. The van der Waals surface area contributed by atoms with Crippen LogP contribution in [0.5, 0.6) is 0 Å². The first-order chi connectivity index (χ1) is 12.1. The van der Waals surface area contributed by atoms with Crippen molar-refractivity contribution in [1.29, 1.82) is 0 Å². The van der Waals surface area contributed by atoms with Gasteiger partial charge in [-0.05, 0) is 112 Å². The maximum absolute atomic E-state index is 12.5. The SMILES string of the molecule is CC[C@]12CC[C@H]3C(C)(CC[C@@H]4C[C@](C)(O)CC[C@@]43C)[C@@H]1CC[C@@H]2C(C)=O. The third-order valence-electron chi connectivity index (χ3n) is 10.4. The Bertz CT molecular complexity index is 595. The number of hydrogen-bond donors (Lipinski definition) is 1. The summed E-state index contributed by atoms with van der Waals surface area (Å²) in [7, 11) is 0. The predicted molar refractivity (Wildman–Crippen MR) is 106 cm³/mol. The van der Waals surface area contributed by atoms with Crippen molar-refractivity contribution in [2.45, 2.75) is 104 Å². The summed E-state index contributed by atoms with van der Waals surface area (Å²) in [4.78, 5) is 12.5. The van der Waals surface area contributed by atoms with Gasteiger partial charge in [-0.3, -0.25) is 4.79 Å². The first kappa shape index (κ1) is 19.0. The largest absolute Gasteiger partial charge is 0.390 e. The van der Waals surface area contributed by atoms with Gasteiger partial charge in [0, 0.05) is 5.92 Å². The average molecular weight is 361 g/mol. The standard InChI is InChI=1S/C24H40O2/c1-6-24-12-10-19-22(4)14-13-21(3,26)15-17(22)9-11-23(19,5)20(24)8-7-18(24)16(2)25/h17-20,26H,6-15H2,1-5H3/t17-,18-,19-,20+,21-,22+,23?,24-/m1/s1. The lowest BCUT2D eigenvalue weighted by molar-refractivity contribution is -0.190. The third kappa shape index (κ3) is 2.36. The molecule has 8 atom stereocenters. The van der Waals surface area contributed by atoms with Crippen LogP contribution in [0.3, 0.4) is 0 Å². The number of hydrogen-bond acceptors (Lipinski definition) is 2. The van der Waals surface area contributed by atoms with E-state index in [9.17, 15) is 9.90 Å². The van der Waals surface area contributed by atoms with Gasteiger partial charge < -0.3 is 5.11 Å². The van der Waals surface area contributed by atoms with E-state index in [0.717, 1.165) is 31.1 Å².